The van der Waals surface area contributed by atoms with Gasteiger partial charge in [0.1, 0.15) is 0 Å². The molecule has 1 saturated heterocycles. The Morgan fingerprint density at radius 2 is 1.95 bits per heavy atom. The van der Waals surface area contributed by atoms with Crippen LogP contribution in [0, 0.1) is 10.1 Å². The number of nitrogens with zero attached hydrogens (tertiary/aromatic N) is 2. The molecule has 1 aromatic rings. The number of benzene rings is 1. The fourth-order valence-corrected chi connectivity index (χ4v) is 2.27. The number of hydrogen-bond donors (Lipinski definition) is 1. The number of cyclic esters (lactones) is 2. The standard InChI is InChI=1S/C10H10N2O8S/c1-11(21(16,17)18)9-8(19-10(13)20-9)6-4-2-3-5-7(6)12(14)15/h2-5,8-9H,1H3,(H,16,17,18). The molecule has 0 radical (unpaired) electrons. The number of hydrogen-bond acceptors (Lipinski definition) is 7. The molecular weight excluding hydrogens is 308 g/mol. The van der Waals surface area contributed by atoms with Crippen LogP contribution in [-0.2, 0) is 19.8 Å². The molecule has 0 saturated carbocycles. The van der Waals surface area contributed by atoms with Crippen molar-refractivity contribution in [1.82, 2.24) is 4.31 Å². The molecule has 114 valence electrons. The summed E-state index contributed by atoms with van der Waals surface area (Å²) < 4.78 is 41.0. The summed E-state index contributed by atoms with van der Waals surface area (Å²) in [6, 6.07) is 5.33. The van der Waals surface area contributed by atoms with Gasteiger partial charge in [-0.25, -0.2) is 4.79 Å². The second kappa shape index (κ2) is 5.27. The highest BCUT2D eigenvalue weighted by atomic mass is 32.2. The monoisotopic (exact) mass is 318 g/mol. The fourth-order valence-electron chi connectivity index (χ4n) is 1.86. The second-order valence-electron chi connectivity index (χ2n) is 4.11. The Labute approximate surface area is 118 Å². The van der Waals surface area contributed by atoms with E-state index in [-0.39, 0.29) is 11.3 Å². The molecule has 1 N–H and O–H groups in total. The van der Waals surface area contributed by atoms with Crippen LogP contribution in [0.5, 0.6) is 0 Å². The van der Waals surface area contributed by atoms with Crippen molar-refractivity contribution in [2.75, 3.05) is 7.05 Å². The molecule has 1 aliphatic rings. The SMILES string of the molecule is CN(C1OC(=O)OC1c1ccccc1[N+](=O)[O-])S(=O)(=O)O. The summed E-state index contributed by atoms with van der Waals surface area (Å²) in [4.78, 5) is 21.5. The van der Waals surface area contributed by atoms with Crippen molar-refractivity contribution in [3.05, 3.63) is 39.9 Å². The van der Waals surface area contributed by atoms with Crippen LogP contribution in [0.1, 0.15) is 11.7 Å². The van der Waals surface area contributed by atoms with Crippen molar-refractivity contribution in [3.8, 4) is 0 Å². The smallest absolute Gasteiger partial charge is 0.420 e. The topological polar surface area (TPSA) is 136 Å². The minimum absolute atomic E-state index is 0.0474. The van der Waals surface area contributed by atoms with Crippen LogP contribution in [0.4, 0.5) is 10.5 Å². The lowest BCUT2D eigenvalue weighted by atomic mass is 10.1. The number of carbonyl (C=O) groups excluding carboxylic acids is 1. The maximum Gasteiger partial charge on any atom is 0.510 e. The highest BCUT2D eigenvalue weighted by molar-refractivity contribution is 7.83. The first-order valence-electron chi connectivity index (χ1n) is 5.53. The first-order valence-corrected chi connectivity index (χ1v) is 6.92. The van der Waals surface area contributed by atoms with E-state index in [1.54, 1.807) is 0 Å². The van der Waals surface area contributed by atoms with Gasteiger partial charge in [0.15, 0.2) is 6.10 Å². The van der Waals surface area contributed by atoms with Gasteiger partial charge in [0.05, 0.1) is 10.5 Å². The van der Waals surface area contributed by atoms with E-state index in [0.29, 0.717) is 4.31 Å². The van der Waals surface area contributed by atoms with Gasteiger partial charge in [-0.2, -0.15) is 8.42 Å². The highest BCUT2D eigenvalue weighted by Crippen LogP contribution is 2.37. The largest absolute Gasteiger partial charge is 0.510 e. The molecular formula is C10H10N2O8S. The Bertz CT molecular complexity index is 688. The van der Waals surface area contributed by atoms with Crippen LogP contribution >= 0.6 is 0 Å². The van der Waals surface area contributed by atoms with Gasteiger partial charge >= 0.3 is 16.5 Å². The summed E-state index contributed by atoms with van der Waals surface area (Å²) in [6.45, 7) is 0. The van der Waals surface area contributed by atoms with Gasteiger partial charge in [-0.15, -0.1) is 4.31 Å². The van der Waals surface area contributed by atoms with Crippen LogP contribution in [-0.4, -0.2) is 41.6 Å². The molecule has 21 heavy (non-hydrogen) atoms. The summed E-state index contributed by atoms with van der Waals surface area (Å²) in [5, 5.41) is 11.0. The number of likely N-dealkylation sites (N-methyl/N-ethyl adjacent to an activating group) is 1. The molecule has 11 heteroatoms. The van der Waals surface area contributed by atoms with Gasteiger partial charge < -0.3 is 9.47 Å². The van der Waals surface area contributed by atoms with E-state index in [0.717, 1.165) is 7.05 Å². The third kappa shape index (κ3) is 2.94. The van der Waals surface area contributed by atoms with Crippen LogP contribution in [0.2, 0.25) is 0 Å². The lowest BCUT2D eigenvalue weighted by Crippen LogP contribution is -2.39. The molecule has 1 heterocycles. The van der Waals surface area contributed by atoms with Gasteiger partial charge in [-0.1, -0.05) is 12.1 Å². The van der Waals surface area contributed by atoms with E-state index in [4.69, 9.17) is 9.29 Å². The van der Waals surface area contributed by atoms with Gasteiger partial charge in [-0.3, -0.25) is 14.7 Å². The second-order valence-corrected chi connectivity index (χ2v) is 5.58. The summed E-state index contributed by atoms with van der Waals surface area (Å²) in [6.07, 6.45) is -4.11. The minimum atomic E-state index is -4.68. The maximum absolute atomic E-state index is 11.2. The fraction of sp³-hybridized carbons (Fsp3) is 0.300. The van der Waals surface area contributed by atoms with E-state index < -0.39 is 33.7 Å². The van der Waals surface area contributed by atoms with Crippen molar-refractivity contribution in [2.24, 2.45) is 0 Å². The molecule has 0 spiro atoms. The number of ether oxygens (including phenoxy) is 2. The summed E-state index contributed by atoms with van der Waals surface area (Å²) in [7, 11) is -3.73. The number of carbonyl (C=O) groups is 1. The normalized spacial score (nSPS) is 22.0. The molecule has 2 rings (SSSR count). The zero-order valence-corrected chi connectivity index (χ0v) is 11.4. The van der Waals surface area contributed by atoms with Crippen LogP contribution in [0.25, 0.3) is 0 Å². The Morgan fingerprint density at radius 3 is 2.52 bits per heavy atom. The van der Waals surface area contributed by atoms with Crippen LogP contribution in [0.3, 0.4) is 0 Å². The molecule has 0 aromatic heterocycles. The Hall–Kier alpha value is -2.24. The van der Waals surface area contributed by atoms with E-state index in [1.165, 1.54) is 24.3 Å². The summed E-state index contributed by atoms with van der Waals surface area (Å²) in [5.74, 6) is 0. The van der Waals surface area contributed by atoms with Crippen molar-refractivity contribution >= 4 is 22.1 Å². The van der Waals surface area contributed by atoms with Crippen LogP contribution in [0.15, 0.2) is 24.3 Å². The van der Waals surface area contributed by atoms with E-state index in [1.807, 2.05) is 0 Å². The van der Waals surface area contributed by atoms with Gasteiger partial charge in [-0.05, 0) is 6.07 Å². The quantitative estimate of drug-likeness (QED) is 0.373. The predicted molar refractivity (Wildman–Crippen MR) is 66.5 cm³/mol. The van der Waals surface area contributed by atoms with Crippen molar-refractivity contribution in [1.29, 1.82) is 0 Å². The molecule has 2 atom stereocenters. The Kier molecular flexibility index (Phi) is 3.80. The Morgan fingerprint density at radius 1 is 1.33 bits per heavy atom. The third-order valence-electron chi connectivity index (χ3n) is 2.86. The molecule has 0 aliphatic carbocycles. The van der Waals surface area contributed by atoms with Gasteiger partial charge in [0, 0.05) is 13.1 Å². The third-order valence-corrected chi connectivity index (χ3v) is 3.80. The number of nitro benzene ring substituents is 1. The molecule has 0 bridgehead atoms. The molecule has 1 aromatic carbocycles. The molecule has 0 amide bonds. The number of nitro groups is 1. The van der Waals surface area contributed by atoms with Crippen molar-refractivity contribution in [3.63, 3.8) is 0 Å². The first kappa shape index (κ1) is 15.2. The van der Waals surface area contributed by atoms with Crippen molar-refractivity contribution < 1.29 is 32.2 Å². The molecule has 1 fully saturated rings. The minimum Gasteiger partial charge on any atom is -0.420 e. The van der Waals surface area contributed by atoms with Crippen molar-refractivity contribution in [2.45, 2.75) is 12.3 Å². The average Bonchev–Trinajstić information content (AvgIpc) is 2.78. The molecule has 1 aliphatic heterocycles. The number of rotatable bonds is 4. The maximum atomic E-state index is 11.2. The highest BCUT2D eigenvalue weighted by Gasteiger charge is 2.46. The Balaban J connectivity index is 2.47. The van der Waals surface area contributed by atoms with E-state index in [2.05, 4.69) is 4.74 Å². The number of para-hydroxylation sites is 1. The van der Waals surface area contributed by atoms with E-state index in [9.17, 15) is 23.3 Å². The summed E-state index contributed by atoms with van der Waals surface area (Å²) in [5.41, 5.74) is -0.414. The van der Waals surface area contributed by atoms with Gasteiger partial charge in [0.25, 0.3) is 5.69 Å². The van der Waals surface area contributed by atoms with Gasteiger partial charge in [0.2, 0.25) is 6.23 Å². The molecule has 2 unspecified atom stereocenters. The predicted octanol–water partition coefficient (Wildman–Crippen LogP) is 0.863. The first-order chi connectivity index (χ1) is 9.71. The zero-order valence-electron chi connectivity index (χ0n) is 10.6. The lowest BCUT2D eigenvalue weighted by Gasteiger charge is -2.22. The van der Waals surface area contributed by atoms with Crippen LogP contribution < -0.4 is 0 Å². The zero-order chi connectivity index (χ0) is 15.8. The molecule has 10 nitrogen and oxygen atoms in total. The lowest BCUT2D eigenvalue weighted by molar-refractivity contribution is -0.386. The average molecular weight is 318 g/mol. The summed E-state index contributed by atoms with van der Waals surface area (Å²) >= 11 is 0. The van der Waals surface area contributed by atoms with E-state index >= 15 is 0 Å².